The van der Waals surface area contributed by atoms with Crippen LogP contribution in [0.1, 0.15) is 34.6 Å². The Labute approximate surface area is 144 Å². The van der Waals surface area contributed by atoms with Crippen LogP contribution in [0.4, 0.5) is 5.69 Å². The highest BCUT2D eigenvalue weighted by molar-refractivity contribution is 6.09. The first-order chi connectivity index (χ1) is 12.0. The number of carbonyl (C=O) groups is 2. The van der Waals surface area contributed by atoms with Gasteiger partial charge in [0, 0.05) is 12.1 Å². The Morgan fingerprint density at radius 3 is 2.60 bits per heavy atom. The molecule has 3 N–H and O–H groups in total. The van der Waals surface area contributed by atoms with Crippen molar-refractivity contribution in [1.29, 1.82) is 0 Å². The number of para-hydroxylation sites is 1. The molecule has 2 aromatic carbocycles. The van der Waals surface area contributed by atoms with Crippen molar-refractivity contribution in [3.05, 3.63) is 53.6 Å². The van der Waals surface area contributed by atoms with E-state index < -0.39 is 0 Å². The topological polar surface area (TPSA) is 99.8 Å². The zero-order valence-corrected chi connectivity index (χ0v) is 14.0. The van der Waals surface area contributed by atoms with E-state index in [0.29, 0.717) is 40.3 Å². The SMILES string of the molecule is CC(C)CNC(=O)c1ccccc1NC(=O)c1ccc2n[nH]nc2c1. The van der Waals surface area contributed by atoms with E-state index in [1.165, 1.54) is 0 Å². The van der Waals surface area contributed by atoms with E-state index in [1.54, 1.807) is 42.5 Å². The van der Waals surface area contributed by atoms with Gasteiger partial charge in [0.1, 0.15) is 11.0 Å². The average molecular weight is 337 g/mol. The van der Waals surface area contributed by atoms with Crippen molar-refractivity contribution in [3.63, 3.8) is 0 Å². The molecule has 3 aromatic rings. The van der Waals surface area contributed by atoms with Gasteiger partial charge in [0.05, 0.1) is 11.3 Å². The molecule has 7 nitrogen and oxygen atoms in total. The number of amides is 2. The molecule has 1 heterocycles. The Hall–Kier alpha value is -3.22. The first-order valence-electron chi connectivity index (χ1n) is 8.03. The minimum Gasteiger partial charge on any atom is -0.352 e. The highest BCUT2D eigenvalue weighted by Gasteiger charge is 2.15. The molecule has 0 fully saturated rings. The third-order valence-corrected chi connectivity index (χ3v) is 3.67. The Bertz CT molecular complexity index is 916. The lowest BCUT2D eigenvalue weighted by Gasteiger charge is -2.12. The van der Waals surface area contributed by atoms with Crippen molar-refractivity contribution < 1.29 is 9.59 Å². The van der Waals surface area contributed by atoms with Crippen LogP contribution in [-0.4, -0.2) is 33.8 Å². The smallest absolute Gasteiger partial charge is 0.255 e. The summed E-state index contributed by atoms with van der Waals surface area (Å²) in [6.45, 7) is 4.62. The largest absolute Gasteiger partial charge is 0.352 e. The molecule has 0 aliphatic heterocycles. The number of nitrogens with zero attached hydrogens (tertiary/aromatic N) is 2. The van der Waals surface area contributed by atoms with Crippen LogP contribution in [0.5, 0.6) is 0 Å². The minimum atomic E-state index is -0.311. The van der Waals surface area contributed by atoms with Gasteiger partial charge in [0.2, 0.25) is 0 Å². The summed E-state index contributed by atoms with van der Waals surface area (Å²) >= 11 is 0. The lowest BCUT2D eigenvalue weighted by molar-refractivity contribution is 0.0950. The molecule has 0 radical (unpaired) electrons. The molecule has 0 saturated carbocycles. The molecule has 0 spiro atoms. The maximum atomic E-state index is 12.5. The van der Waals surface area contributed by atoms with Crippen LogP contribution in [-0.2, 0) is 0 Å². The Kier molecular flexibility index (Phi) is 4.74. The number of fused-ring (bicyclic) bond motifs is 1. The molecule has 1 aromatic heterocycles. The molecule has 3 rings (SSSR count). The first kappa shape index (κ1) is 16.6. The third kappa shape index (κ3) is 3.82. The molecule has 0 aliphatic rings. The molecular formula is C18H19N5O2. The van der Waals surface area contributed by atoms with E-state index in [1.807, 2.05) is 13.8 Å². The van der Waals surface area contributed by atoms with Crippen LogP contribution in [0.3, 0.4) is 0 Å². The molecular weight excluding hydrogens is 318 g/mol. The molecule has 7 heteroatoms. The van der Waals surface area contributed by atoms with Crippen LogP contribution >= 0.6 is 0 Å². The number of H-pyrrole nitrogens is 1. The van der Waals surface area contributed by atoms with Crippen LogP contribution < -0.4 is 10.6 Å². The van der Waals surface area contributed by atoms with Gasteiger partial charge in [0.25, 0.3) is 11.8 Å². The minimum absolute atomic E-state index is 0.212. The molecule has 2 amide bonds. The number of aromatic amines is 1. The van der Waals surface area contributed by atoms with Crippen LogP contribution in [0, 0.1) is 5.92 Å². The van der Waals surface area contributed by atoms with Crippen molar-refractivity contribution in [2.24, 2.45) is 5.92 Å². The zero-order valence-electron chi connectivity index (χ0n) is 14.0. The summed E-state index contributed by atoms with van der Waals surface area (Å²) in [4.78, 5) is 24.9. The molecule has 0 saturated heterocycles. The van der Waals surface area contributed by atoms with E-state index in [2.05, 4.69) is 26.0 Å². The zero-order chi connectivity index (χ0) is 17.8. The number of benzene rings is 2. The van der Waals surface area contributed by atoms with Crippen molar-refractivity contribution in [3.8, 4) is 0 Å². The van der Waals surface area contributed by atoms with Crippen LogP contribution in [0.2, 0.25) is 0 Å². The number of nitrogens with one attached hydrogen (secondary N) is 3. The number of hydrogen-bond donors (Lipinski definition) is 3. The van der Waals surface area contributed by atoms with Crippen molar-refractivity contribution in [1.82, 2.24) is 20.7 Å². The van der Waals surface area contributed by atoms with Gasteiger partial charge in [-0.05, 0) is 36.2 Å². The van der Waals surface area contributed by atoms with Crippen molar-refractivity contribution >= 4 is 28.5 Å². The summed E-state index contributed by atoms with van der Waals surface area (Å²) in [7, 11) is 0. The number of hydrogen-bond acceptors (Lipinski definition) is 4. The summed E-state index contributed by atoms with van der Waals surface area (Å²) in [6, 6.07) is 12.0. The monoisotopic (exact) mass is 337 g/mol. The van der Waals surface area contributed by atoms with Gasteiger partial charge in [-0.1, -0.05) is 26.0 Å². The van der Waals surface area contributed by atoms with E-state index in [9.17, 15) is 9.59 Å². The molecule has 0 unspecified atom stereocenters. The van der Waals surface area contributed by atoms with Gasteiger partial charge in [-0.3, -0.25) is 9.59 Å². The third-order valence-electron chi connectivity index (χ3n) is 3.67. The van der Waals surface area contributed by atoms with Gasteiger partial charge in [0.15, 0.2) is 0 Å². The number of carbonyl (C=O) groups excluding carboxylic acids is 2. The van der Waals surface area contributed by atoms with Crippen LogP contribution in [0.25, 0.3) is 11.0 Å². The Morgan fingerprint density at radius 1 is 1.04 bits per heavy atom. The maximum absolute atomic E-state index is 12.5. The Morgan fingerprint density at radius 2 is 1.80 bits per heavy atom. The lowest BCUT2D eigenvalue weighted by atomic mass is 10.1. The highest BCUT2D eigenvalue weighted by atomic mass is 16.2. The van der Waals surface area contributed by atoms with Gasteiger partial charge < -0.3 is 10.6 Å². The maximum Gasteiger partial charge on any atom is 0.255 e. The number of rotatable bonds is 5. The molecule has 25 heavy (non-hydrogen) atoms. The van der Waals surface area contributed by atoms with Gasteiger partial charge >= 0.3 is 0 Å². The number of anilines is 1. The summed E-state index contributed by atoms with van der Waals surface area (Å²) in [5, 5.41) is 16.1. The summed E-state index contributed by atoms with van der Waals surface area (Å²) in [6.07, 6.45) is 0. The second-order valence-corrected chi connectivity index (χ2v) is 6.13. The van der Waals surface area contributed by atoms with E-state index in [-0.39, 0.29) is 11.8 Å². The van der Waals surface area contributed by atoms with Crippen molar-refractivity contribution in [2.45, 2.75) is 13.8 Å². The average Bonchev–Trinajstić information content (AvgIpc) is 3.07. The number of aromatic nitrogens is 3. The van der Waals surface area contributed by atoms with E-state index in [4.69, 9.17) is 0 Å². The lowest BCUT2D eigenvalue weighted by Crippen LogP contribution is -2.28. The Balaban J connectivity index is 1.80. The molecule has 0 aliphatic carbocycles. The normalized spacial score (nSPS) is 10.8. The van der Waals surface area contributed by atoms with Gasteiger partial charge in [-0.15, -0.1) is 0 Å². The fourth-order valence-electron chi connectivity index (χ4n) is 2.36. The van der Waals surface area contributed by atoms with E-state index in [0.717, 1.165) is 0 Å². The standard InChI is InChI=1S/C18H19N5O2/c1-11(2)10-19-18(25)13-5-3-4-6-14(13)20-17(24)12-7-8-15-16(9-12)22-23-21-15/h3-9,11H,10H2,1-2H3,(H,19,25)(H,20,24)(H,21,22,23). The molecule has 0 atom stereocenters. The predicted molar refractivity (Wildman–Crippen MR) is 95.5 cm³/mol. The van der Waals surface area contributed by atoms with E-state index >= 15 is 0 Å². The van der Waals surface area contributed by atoms with Crippen molar-refractivity contribution in [2.75, 3.05) is 11.9 Å². The fraction of sp³-hybridized carbons (Fsp3) is 0.222. The molecule has 128 valence electrons. The second-order valence-electron chi connectivity index (χ2n) is 6.13. The summed E-state index contributed by atoms with van der Waals surface area (Å²) in [5.74, 6) is -0.176. The quantitative estimate of drug-likeness (QED) is 0.666. The fourth-order valence-corrected chi connectivity index (χ4v) is 2.36. The summed E-state index contributed by atoms with van der Waals surface area (Å²) < 4.78 is 0. The second kappa shape index (κ2) is 7.12. The molecule has 0 bridgehead atoms. The van der Waals surface area contributed by atoms with Gasteiger partial charge in [-0.25, -0.2) is 0 Å². The first-order valence-corrected chi connectivity index (χ1v) is 8.03. The van der Waals surface area contributed by atoms with Crippen LogP contribution in [0.15, 0.2) is 42.5 Å². The van der Waals surface area contributed by atoms with Gasteiger partial charge in [-0.2, -0.15) is 15.4 Å². The summed E-state index contributed by atoms with van der Waals surface area (Å²) in [5.41, 5.74) is 2.63. The predicted octanol–water partition coefficient (Wildman–Crippen LogP) is 2.60. The highest BCUT2D eigenvalue weighted by Crippen LogP contribution is 2.17.